The van der Waals surface area contributed by atoms with Crippen LogP contribution in [0.15, 0.2) is 24.5 Å². The molecule has 0 radical (unpaired) electrons. The molecule has 1 heterocycles. The van der Waals surface area contributed by atoms with Gasteiger partial charge >= 0.3 is 0 Å². The van der Waals surface area contributed by atoms with Crippen molar-refractivity contribution in [1.29, 1.82) is 0 Å². The number of allylic oxidation sites excluding steroid dienone is 1. The summed E-state index contributed by atoms with van der Waals surface area (Å²) in [5.41, 5.74) is 1.15. The largest absolute Gasteiger partial charge is 0.367 e. The van der Waals surface area contributed by atoms with Crippen molar-refractivity contribution in [2.24, 2.45) is 0 Å². The lowest BCUT2D eigenvalue weighted by Crippen LogP contribution is -1.85. The monoisotopic (exact) mass is 163 g/mol. The van der Waals surface area contributed by atoms with E-state index in [1.807, 2.05) is 30.6 Å². The SMILES string of the molecule is CC(=O)CC/C=C/c1cc[nH]c1. The molecule has 0 atom stereocenters. The lowest BCUT2D eigenvalue weighted by Gasteiger charge is -1.87. The molecule has 0 aliphatic heterocycles. The van der Waals surface area contributed by atoms with Crippen molar-refractivity contribution in [3.05, 3.63) is 30.1 Å². The van der Waals surface area contributed by atoms with E-state index in [9.17, 15) is 4.79 Å². The lowest BCUT2D eigenvalue weighted by molar-refractivity contribution is -0.116. The number of carbonyl (C=O) groups excluding carboxylic acids is 1. The van der Waals surface area contributed by atoms with E-state index < -0.39 is 0 Å². The fraction of sp³-hybridized carbons (Fsp3) is 0.300. The van der Waals surface area contributed by atoms with Crippen molar-refractivity contribution >= 4 is 11.9 Å². The third kappa shape index (κ3) is 3.19. The minimum absolute atomic E-state index is 0.244. The van der Waals surface area contributed by atoms with Crippen LogP contribution in [0.4, 0.5) is 0 Å². The van der Waals surface area contributed by atoms with Crippen LogP contribution in [0.5, 0.6) is 0 Å². The first kappa shape index (κ1) is 8.78. The molecule has 1 aromatic rings. The second-order valence-corrected chi connectivity index (χ2v) is 2.79. The first-order valence-electron chi connectivity index (χ1n) is 4.08. The normalized spacial score (nSPS) is 10.8. The van der Waals surface area contributed by atoms with Crippen LogP contribution in [0.1, 0.15) is 25.3 Å². The highest BCUT2D eigenvalue weighted by Gasteiger charge is 1.88. The molecule has 0 amide bonds. The highest BCUT2D eigenvalue weighted by Crippen LogP contribution is 2.01. The summed E-state index contributed by atoms with van der Waals surface area (Å²) in [6, 6.07) is 1.99. The number of carbonyl (C=O) groups is 1. The standard InChI is InChI=1S/C10H13NO/c1-9(12)4-2-3-5-10-6-7-11-8-10/h3,5-8,11H,2,4H2,1H3/b5-3+. The average molecular weight is 163 g/mol. The molecular weight excluding hydrogens is 150 g/mol. The Balaban J connectivity index is 2.27. The molecular formula is C10H13NO. The smallest absolute Gasteiger partial charge is 0.130 e. The summed E-state index contributed by atoms with van der Waals surface area (Å²) in [4.78, 5) is 13.5. The fourth-order valence-electron chi connectivity index (χ4n) is 0.946. The third-order valence-corrected chi connectivity index (χ3v) is 1.60. The van der Waals surface area contributed by atoms with Crippen LogP contribution in [-0.2, 0) is 4.79 Å². The molecule has 0 aliphatic rings. The molecule has 0 unspecified atom stereocenters. The molecule has 2 nitrogen and oxygen atoms in total. The van der Waals surface area contributed by atoms with Gasteiger partial charge in [-0.1, -0.05) is 12.2 Å². The topological polar surface area (TPSA) is 32.9 Å². The van der Waals surface area contributed by atoms with Gasteiger partial charge in [-0.15, -0.1) is 0 Å². The molecule has 0 aliphatic carbocycles. The molecule has 12 heavy (non-hydrogen) atoms. The van der Waals surface area contributed by atoms with Crippen LogP contribution in [0.25, 0.3) is 6.08 Å². The fourth-order valence-corrected chi connectivity index (χ4v) is 0.946. The van der Waals surface area contributed by atoms with E-state index >= 15 is 0 Å². The highest BCUT2D eigenvalue weighted by molar-refractivity contribution is 5.75. The van der Waals surface area contributed by atoms with Crippen molar-refractivity contribution < 1.29 is 4.79 Å². The molecule has 0 saturated heterocycles. The molecule has 1 rings (SSSR count). The van der Waals surface area contributed by atoms with E-state index in [0.717, 1.165) is 12.0 Å². The van der Waals surface area contributed by atoms with Gasteiger partial charge in [0.2, 0.25) is 0 Å². The Morgan fingerprint density at radius 1 is 1.67 bits per heavy atom. The molecule has 0 fully saturated rings. The van der Waals surface area contributed by atoms with Gasteiger partial charge in [-0.3, -0.25) is 0 Å². The van der Waals surface area contributed by atoms with Gasteiger partial charge in [-0.05, 0) is 25.0 Å². The maximum atomic E-state index is 10.6. The van der Waals surface area contributed by atoms with Gasteiger partial charge in [0.25, 0.3) is 0 Å². The average Bonchev–Trinajstić information content (AvgIpc) is 2.49. The van der Waals surface area contributed by atoms with Crippen LogP contribution < -0.4 is 0 Å². The Hall–Kier alpha value is -1.31. The second kappa shape index (κ2) is 4.54. The summed E-state index contributed by atoms with van der Waals surface area (Å²) >= 11 is 0. The van der Waals surface area contributed by atoms with Crippen LogP contribution in [0, 0.1) is 0 Å². The minimum atomic E-state index is 0.244. The van der Waals surface area contributed by atoms with E-state index in [1.165, 1.54) is 0 Å². The maximum absolute atomic E-state index is 10.6. The van der Waals surface area contributed by atoms with Gasteiger partial charge in [0.15, 0.2) is 0 Å². The molecule has 0 aromatic carbocycles. The Morgan fingerprint density at radius 3 is 3.08 bits per heavy atom. The van der Waals surface area contributed by atoms with E-state index in [2.05, 4.69) is 4.98 Å². The molecule has 2 heteroatoms. The van der Waals surface area contributed by atoms with Gasteiger partial charge in [-0.25, -0.2) is 0 Å². The van der Waals surface area contributed by atoms with Crippen LogP contribution in [0.2, 0.25) is 0 Å². The van der Waals surface area contributed by atoms with E-state index in [-0.39, 0.29) is 5.78 Å². The predicted molar refractivity (Wildman–Crippen MR) is 49.7 cm³/mol. The van der Waals surface area contributed by atoms with Crippen LogP contribution >= 0.6 is 0 Å². The van der Waals surface area contributed by atoms with Crippen molar-refractivity contribution in [2.75, 3.05) is 0 Å². The summed E-state index contributed by atoms with van der Waals surface area (Å²) in [6.45, 7) is 1.62. The van der Waals surface area contributed by atoms with Crippen molar-refractivity contribution in [2.45, 2.75) is 19.8 Å². The van der Waals surface area contributed by atoms with Crippen molar-refractivity contribution in [3.8, 4) is 0 Å². The summed E-state index contributed by atoms with van der Waals surface area (Å²) in [5, 5.41) is 0. The summed E-state index contributed by atoms with van der Waals surface area (Å²) in [6.07, 6.45) is 9.31. The van der Waals surface area contributed by atoms with Crippen molar-refractivity contribution in [1.82, 2.24) is 4.98 Å². The first-order chi connectivity index (χ1) is 5.79. The summed E-state index contributed by atoms with van der Waals surface area (Å²) in [7, 11) is 0. The Labute approximate surface area is 72.3 Å². The molecule has 0 saturated carbocycles. The summed E-state index contributed by atoms with van der Waals surface area (Å²) in [5.74, 6) is 0.244. The number of rotatable bonds is 4. The van der Waals surface area contributed by atoms with Gasteiger partial charge in [0, 0.05) is 18.8 Å². The molecule has 64 valence electrons. The zero-order valence-electron chi connectivity index (χ0n) is 7.21. The number of H-pyrrole nitrogens is 1. The molecule has 1 N–H and O–H groups in total. The zero-order chi connectivity index (χ0) is 8.81. The third-order valence-electron chi connectivity index (χ3n) is 1.60. The highest BCUT2D eigenvalue weighted by atomic mass is 16.1. The number of hydrogen-bond acceptors (Lipinski definition) is 1. The van der Waals surface area contributed by atoms with E-state index in [4.69, 9.17) is 0 Å². The Morgan fingerprint density at radius 2 is 2.50 bits per heavy atom. The number of hydrogen-bond donors (Lipinski definition) is 1. The van der Waals surface area contributed by atoms with Crippen LogP contribution in [0.3, 0.4) is 0 Å². The van der Waals surface area contributed by atoms with Gasteiger partial charge < -0.3 is 9.78 Å². The second-order valence-electron chi connectivity index (χ2n) is 2.79. The Bertz CT molecular complexity index is 259. The Kier molecular flexibility index (Phi) is 3.33. The summed E-state index contributed by atoms with van der Waals surface area (Å²) < 4.78 is 0. The maximum Gasteiger partial charge on any atom is 0.130 e. The van der Waals surface area contributed by atoms with Gasteiger partial charge in [0.05, 0.1) is 0 Å². The van der Waals surface area contributed by atoms with E-state index in [0.29, 0.717) is 6.42 Å². The number of ketones is 1. The van der Waals surface area contributed by atoms with E-state index in [1.54, 1.807) is 6.92 Å². The number of aromatic amines is 1. The predicted octanol–water partition coefficient (Wildman–Crippen LogP) is 2.40. The molecule has 0 spiro atoms. The van der Waals surface area contributed by atoms with Gasteiger partial charge in [-0.2, -0.15) is 0 Å². The van der Waals surface area contributed by atoms with Crippen LogP contribution in [-0.4, -0.2) is 10.8 Å². The number of nitrogens with one attached hydrogen (secondary N) is 1. The number of aromatic nitrogens is 1. The van der Waals surface area contributed by atoms with Gasteiger partial charge in [0.1, 0.15) is 5.78 Å². The number of Topliss-reactive ketones (excluding diaryl/α,β-unsaturated/α-hetero) is 1. The zero-order valence-corrected chi connectivity index (χ0v) is 7.21. The van der Waals surface area contributed by atoms with Crippen molar-refractivity contribution in [3.63, 3.8) is 0 Å². The molecule has 1 aromatic heterocycles. The minimum Gasteiger partial charge on any atom is -0.367 e. The first-order valence-corrected chi connectivity index (χ1v) is 4.08. The molecule has 0 bridgehead atoms. The quantitative estimate of drug-likeness (QED) is 0.726. The lowest BCUT2D eigenvalue weighted by atomic mass is 10.2.